The van der Waals surface area contributed by atoms with Crippen LogP contribution in [-0.2, 0) is 10.0 Å². The third-order valence-electron chi connectivity index (χ3n) is 5.07. The molecule has 31 heavy (non-hydrogen) atoms. The molecule has 13 heteroatoms. The number of sulfonamides is 1. The Labute approximate surface area is 182 Å². The first-order valence-electron chi connectivity index (χ1n) is 9.51. The lowest BCUT2D eigenvalue weighted by molar-refractivity contribution is -0.383. The van der Waals surface area contributed by atoms with Gasteiger partial charge in [0, 0.05) is 44.5 Å². The van der Waals surface area contributed by atoms with Crippen LogP contribution in [0.3, 0.4) is 0 Å². The van der Waals surface area contributed by atoms with Crippen LogP contribution < -0.4 is 10.2 Å². The van der Waals surface area contributed by atoms with E-state index in [1.165, 1.54) is 10.4 Å². The van der Waals surface area contributed by atoms with E-state index >= 15 is 0 Å². The number of nitrogens with one attached hydrogen (secondary N) is 1. The Hall–Kier alpha value is -2.87. The van der Waals surface area contributed by atoms with Crippen molar-refractivity contribution in [3.63, 3.8) is 0 Å². The molecular weight excluding hydrogens is 444 g/mol. The maximum absolute atomic E-state index is 13.2. The molecule has 0 amide bonds. The van der Waals surface area contributed by atoms with Gasteiger partial charge in [-0.1, -0.05) is 6.07 Å². The van der Waals surface area contributed by atoms with Crippen LogP contribution in [0.4, 0.5) is 17.1 Å². The van der Waals surface area contributed by atoms with Gasteiger partial charge in [-0.15, -0.1) is 0 Å². The highest BCUT2D eigenvalue weighted by molar-refractivity contribution is 7.89. The molecule has 1 aromatic heterocycles. The van der Waals surface area contributed by atoms with Gasteiger partial charge in [0.2, 0.25) is 10.0 Å². The Bertz CT molecular complexity index is 1210. The molecule has 0 aliphatic carbocycles. The summed E-state index contributed by atoms with van der Waals surface area (Å²) in [6.07, 6.45) is 0. The van der Waals surface area contributed by atoms with Gasteiger partial charge in [-0.3, -0.25) is 10.1 Å². The second kappa shape index (κ2) is 8.70. The van der Waals surface area contributed by atoms with Crippen LogP contribution in [0.25, 0.3) is 11.0 Å². The number of aromatic nitrogens is 2. The molecular formula is C18H20N6O5S2. The van der Waals surface area contributed by atoms with Crippen LogP contribution in [0.5, 0.6) is 0 Å². The number of anilines is 2. The zero-order valence-corrected chi connectivity index (χ0v) is 18.0. The molecule has 11 nitrogen and oxygen atoms in total. The molecule has 3 aromatic rings. The third kappa shape index (κ3) is 4.17. The lowest BCUT2D eigenvalue weighted by atomic mass is 10.2. The van der Waals surface area contributed by atoms with E-state index in [-0.39, 0.29) is 36.8 Å². The van der Waals surface area contributed by atoms with Crippen molar-refractivity contribution in [3.8, 4) is 0 Å². The van der Waals surface area contributed by atoms with Gasteiger partial charge in [-0.25, -0.2) is 8.42 Å². The van der Waals surface area contributed by atoms with Crippen molar-refractivity contribution in [1.29, 1.82) is 0 Å². The molecule has 2 heterocycles. The fourth-order valence-corrected chi connectivity index (χ4v) is 5.70. The third-order valence-corrected chi connectivity index (χ3v) is 7.55. The fraction of sp³-hybridized carbons (Fsp3) is 0.333. The smallest absolute Gasteiger partial charge is 0.292 e. The van der Waals surface area contributed by atoms with E-state index in [9.17, 15) is 18.5 Å². The van der Waals surface area contributed by atoms with Crippen molar-refractivity contribution < 1.29 is 18.4 Å². The lowest BCUT2D eigenvalue weighted by Crippen LogP contribution is -2.48. The van der Waals surface area contributed by atoms with E-state index in [4.69, 9.17) is 5.11 Å². The number of aliphatic hydroxyl groups excluding tert-OH is 1. The lowest BCUT2D eigenvalue weighted by Gasteiger charge is -2.35. The second-order valence-corrected chi connectivity index (χ2v) is 9.32. The number of hydrogen-bond donors (Lipinski definition) is 2. The number of nitrogens with zero attached hydrogens (tertiary/aromatic N) is 5. The maximum atomic E-state index is 13.2. The van der Waals surface area contributed by atoms with Crippen LogP contribution in [0.2, 0.25) is 0 Å². The first-order chi connectivity index (χ1) is 14.9. The summed E-state index contributed by atoms with van der Waals surface area (Å²) in [6, 6.07) is 9.64. The molecule has 0 bridgehead atoms. The minimum Gasteiger partial charge on any atom is -0.395 e. The van der Waals surface area contributed by atoms with Gasteiger partial charge >= 0.3 is 0 Å². The van der Waals surface area contributed by atoms with Crippen molar-refractivity contribution in [2.75, 3.05) is 49.5 Å². The van der Waals surface area contributed by atoms with Crippen molar-refractivity contribution in [2.45, 2.75) is 4.90 Å². The van der Waals surface area contributed by atoms with Crippen molar-refractivity contribution in [3.05, 3.63) is 46.5 Å². The predicted octanol–water partition coefficient (Wildman–Crippen LogP) is 1.51. The molecule has 1 aliphatic heterocycles. The van der Waals surface area contributed by atoms with Gasteiger partial charge in [0.25, 0.3) is 5.69 Å². The highest BCUT2D eigenvalue weighted by atomic mass is 32.2. The quantitative estimate of drug-likeness (QED) is 0.393. The van der Waals surface area contributed by atoms with Crippen LogP contribution in [-0.4, -0.2) is 70.8 Å². The molecule has 0 atom stereocenters. The molecule has 2 aromatic carbocycles. The monoisotopic (exact) mass is 464 g/mol. The zero-order valence-electron chi connectivity index (χ0n) is 16.3. The average Bonchev–Trinajstić information content (AvgIpc) is 3.26. The summed E-state index contributed by atoms with van der Waals surface area (Å²) in [6.45, 7) is 1.44. The average molecular weight is 465 g/mol. The van der Waals surface area contributed by atoms with Gasteiger partial charge in [0.15, 0.2) is 0 Å². The largest absolute Gasteiger partial charge is 0.395 e. The van der Waals surface area contributed by atoms with Crippen LogP contribution in [0.15, 0.2) is 41.3 Å². The van der Waals surface area contributed by atoms with Crippen molar-refractivity contribution >= 4 is 49.8 Å². The van der Waals surface area contributed by atoms with E-state index in [1.54, 1.807) is 30.3 Å². The van der Waals surface area contributed by atoms with Crippen LogP contribution >= 0.6 is 11.7 Å². The summed E-state index contributed by atoms with van der Waals surface area (Å²) >= 11 is 0.977. The normalized spacial score (nSPS) is 15.3. The molecule has 2 N–H and O–H groups in total. The highest BCUT2D eigenvalue weighted by Crippen LogP contribution is 2.31. The first-order valence-corrected chi connectivity index (χ1v) is 11.7. The molecule has 0 spiro atoms. The number of fused-ring (bicyclic) bond motifs is 1. The zero-order chi connectivity index (χ0) is 22.0. The Morgan fingerprint density at radius 3 is 2.65 bits per heavy atom. The molecule has 0 radical (unpaired) electrons. The fourth-order valence-electron chi connectivity index (χ4n) is 3.53. The highest BCUT2D eigenvalue weighted by Gasteiger charge is 2.31. The van der Waals surface area contributed by atoms with Gasteiger partial charge in [-0.2, -0.15) is 13.1 Å². The minimum atomic E-state index is -3.72. The molecule has 0 unspecified atom stereocenters. The summed E-state index contributed by atoms with van der Waals surface area (Å²) in [5.41, 5.74) is 1.91. The van der Waals surface area contributed by atoms with Gasteiger partial charge in [-0.05, 0) is 24.3 Å². The van der Waals surface area contributed by atoms with E-state index in [2.05, 4.69) is 14.1 Å². The number of nitro groups is 1. The number of rotatable bonds is 7. The number of hydrogen-bond acceptors (Lipinski definition) is 10. The standard InChI is InChI=1S/C18H20N6O5S2/c25-11-6-19-15-12-13(4-5-16(15)24(26)27)22-7-9-23(10-8-22)31(28,29)17-3-1-2-14-18(17)21-30-20-14/h1-5,12,19,25H,6-11H2. The summed E-state index contributed by atoms with van der Waals surface area (Å²) in [7, 11) is -3.72. The van der Waals surface area contributed by atoms with E-state index in [0.29, 0.717) is 29.8 Å². The van der Waals surface area contributed by atoms with Gasteiger partial charge < -0.3 is 15.3 Å². The number of piperazine rings is 1. The molecule has 0 saturated carbocycles. The van der Waals surface area contributed by atoms with E-state index in [0.717, 1.165) is 17.4 Å². The number of aliphatic hydroxyl groups is 1. The Balaban J connectivity index is 1.52. The molecule has 164 valence electrons. The Morgan fingerprint density at radius 2 is 1.94 bits per heavy atom. The molecule has 1 aliphatic rings. The Morgan fingerprint density at radius 1 is 1.16 bits per heavy atom. The molecule has 4 rings (SSSR count). The second-order valence-electron chi connectivity index (χ2n) is 6.89. The van der Waals surface area contributed by atoms with Crippen LogP contribution in [0, 0.1) is 10.1 Å². The molecule has 1 saturated heterocycles. The summed E-state index contributed by atoms with van der Waals surface area (Å²) in [5, 5.41) is 23.1. The topological polar surface area (TPSA) is 142 Å². The van der Waals surface area contributed by atoms with Crippen LogP contribution in [0.1, 0.15) is 0 Å². The van der Waals surface area contributed by atoms with Crippen molar-refractivity contribution in [1.82, 2.24) is 13.1 Å². The predicted molar refractivity (Wildman–Crippen MR) is 117 cm³/mol. The minimum absolute atomic E-state index is 0.0802. The van der Waals surface area contributed by atoms with Gasteiger partial charge in [0.1, 0.15) is 21.6 Å². The first kappa shape index (κ1) is 21.4. The number of benzene rings is 2. The van der Waals surface area contributed by atoms with Gasteiger partial charge in [0.05, 0.1) is 23.3 Å². The van der Waals surface area contributed by atoms with Crippen molar-refractivity contribution in [2.24, 2.45) is 0 Å². The summed E-state index contributed by atoms with van der Waals surface area (Å²) in [4.78, 5) is 12.9. The molecule has 1 fully saturated rings. The van der Waals surface area contributed by atoms with E-state index < -0.39 is 14.9 Å². The summed E-state index contributed by atoms with van der Waals surface area (Å²) in [5.74, 6) is 0. The maximum Gasteiger partial charge on any atom is 0.292 e. The number of nitro benzene ring substituents is 1. The Kier molecular flexibility index (Phi) is 6.00. The summed E-state index contributed by atoms with van der Waals surface area (Å²) < 4.78 is 36.0. The SMILES string of the molecule is O=[N+]([O-])c1ccc(N2CCN(S(=O)(=O)c3cccc4nsnc34)CC2)cc1NCCO. The van der Waals surface area contributed by atoms with E-state index in [1.807, 2.05) is 4.90 Å².